The summed E-state index contributed by atoms with van der Waals surface area (Å²) in [4.78, 5) is 23.6. The summed E-state index contributed by atoms with van der Waals surface area (Å²) in [6, 6.07) is 4.74. The Morgan fingerprint density at radius 3 is 3.00 bits per heavy atom. The zero-order valence-electron chi connectivity index (χ0n) is 13.9. The van der Waals surface area contributed by atoms with Gasteiger partial charge in [0.1, 0.15) is 11.5 Å². The number of aromatic nitrogens is 2. The van der Waals surface area contributed by atoms with E-state index in [0.717, 1.165) is 42.8 Å². The van der Waals surface area contributed by atoms with Crippen molar-refractivity contribution >= 4 is 18.3 Å². The highest BCUT2D eigenvalue weighted by Gasteiger charge is 2.44. The highest BCUT2D eigenvalue weighted by Crippen LogP contribution is 2.35. The maximum atomic E-state index is 12.9. The third-order valence-corrected chi connectivity index (χ3v) is 5.57. The third kappa shape index (κ3) is 2.83. The first-order valence-electron chi connectivity index (χ1n) is 8.72. The predicted octanol–water partition coefficient (Wildman–Crippen LogP) is 2.18. The number of carbonyl (C=O) groups is 1. The number of fused-ring (bicyclic) bond motifs is 3. The summed E-state index contributed by atoms with van der Waals surface area (Å²) in [5.74, 6) is 1.94. The molecule has 2 bridgehead atoms. The molecule has 3 aliphatic rings. The molecule has 5 heterocycles. The maximum absolute atomic E-state index is 12.9. The summed E-state index contributed by atoms with van der Waals surface area (Å²) in [6.07, 6.45) is 7.57. The number of nitrogens with one attached hydrogen (secondary N) is 1. The van der Waals surface area contributed by atoms with Crippen molar-refractivity contribution in [3.05, 3.63) is 36.0 Å². The van der Waals surface area contributed by atoms with Gasteiger partial charge in [0.15, 0.2) is 0 Å². The summed E-state index contributed by atoms with van der Waals surface area (Å²) in [5.41, 5.74) is 1.77. The molecule has 0 unspecified atom stereocenters. The molecule has 3 aliphatic heterocycles. The van der Waals surface area contributed by atoms with Crippen LogP contribution in [0.1, 0.15) is 30.7 Å². The quantitative estimate of drug-likeness (QED) is 0.888. The standard InChI is InChI=1S/C18H20N4O2.ClH/c23-18(13-8-12-3-4-14(13)20-12)22-7-5-16-15(10-22)21-17(24-16)11-2-1-6-19-9-11;/h1-2,6,9,12-14,20H,3-5,7-8,10H2;1H/t12-,13+,14+;/m1./s1. The average Bonchev–Trinajstić information content (AvgIpc) is 3.35. The normalized spacial score (nSPS) is 27.0. The van der Waals surface area contributed by atoms with Gasteiger partial charge < -0.3 is 14.6 Å². The van der Waals surface area contributed by atoms with E-state index in [-0.39, 0.29) is 24.2 Å². The lowest BCUT2D eigenvalue weighted by atomic mass is 9.88. The van der Waals surface area contributed by atoms with E-state index in [9.17, 15) is 4.79 Å². The fraction of sp³-hybridized carbons (Fsp3) is 0.500. The van der Waals surface area contributed by atoms with Crippen LogP contribution in [0.15, 0.2) is 28.9 Å². The molecule has 1 N–H and O–H groups in total. The van der Waals surface area contributed by atoms with Gasteiger partial charge in [-0.05, 0) is 31.4 Å². The first-order valence-corrected chi connectivity index (χ1v) is 8.72. The summed E-state index contributed by atoms with van der Waals surface area (Å²) >= 11 is 0. The molecule has 25 heavy (non-hydrogen) atoms. The van der Waals surface area contributed by atoms with Gasteiger partial charge in [-0.1, -0.05) is 0 Å². The fourth-order valence-corrected chi connectivity index (χ4v) is 4.33. The van der Waals surface area contributed by atoms with Crippen LogP contribution in [-0.2, 0) is 17.8 Å². The fourth-order valence-electron chi connectivity index (χ4n) is 4.33. The Labute approximate surface area is 152 Å². The van der Waals surface area contributed by atoms with Crippen molar-refractivity contribution < 1.29 is 9.21 Å². The van der Waals surface area contributed by atoms with Gasteiger partial charge in [-0.2, -0.15) is 0 Å². The number of hydrogen-bond acceptors (Lipinski definition) is 5. The molecule has 2 aromatic rings. The van der Waals surface area contributed by atoms with Gasteiger partial charge in [-0.15, -0.1) is 12.4 Å². The second-order valence-electron chi connectivity index (χ2n) is 7.03. The molecule has 2 saturated heterocycles. The molecule has 0 spiro atoms. The van der Waals surface area contributed by atoms with Crippen LogP contribution in [-0.4, -0.2) is 39.4 Å². The van der Waals surface area contributed by atoms with Crippen molar-refractivity contribution in [3.8, 4) is 11.5 Å². The number of carbonyl (C=O) groups excluding carboxylic acids is 1. The first kappa shape index (κ1) is 16.5. The molecule has 7 heteroatoms. The van der Waals surface area contributed by atoms with E-state index in [0.29, 0.717) is 24.5 Å². The molecular weight excluding hydrogens is 340 g/mol. The van der Waals surface area contributed by atoms with E-state index in [1.165, 1.54) is 6.42 Å². The van der Waals surface area contributed by atoms with Crippen LogP contribution in [0.2, 0.25) is 0 Å². The Hall–Kier alpha value is -1.92. The summed E-state index contributed by atoms with van der Waals surface area (Å²) in [5, 5.41) is 3.55. The van der Waals surface area contributed by atoms with Gasteiger partial charge in [-0.3, -0.25) is 9.78 Å². The number of hydrogen-bond donors (Lipinski definition) is 1. The Kier molecular flexibility index (Phi) is 4.25. The van der Waals surface area contributed by atoms with Gasteiger partial charge in [0.2, 0.25) is 11.8 Å². The molecular formula is C18H21ClN4O2. The SMILES string of the molecule is Cl.O=C([C@H]1C[C@H]2CC[C@@H]1N2)N1CCc2oc(-c3cccnc3)nc2C1. The van der Waals surface area contributed by atoms with Crippen LogP contribution in [0.5, 0.6) is 0 Å². The third-order valence-electron chi connectivity index (χ3n) is 5.57. The lowest BCUT2D eigenvalue weighted by Crippen LogP contribution is -2.43. The molecule has 1 amide bonds. The van der Waals surface area contributed by atoms with Crippen molar-refractivity contribution in [3.63, 3.8) is 0 Å². The number of halogens is 1. The Morgan fingerprint density at radius 2 is 2.28 bits per heavy atom. The zero-order valence-corrected chi connectivity index (χ0v) is 14.7. The number of pyridine rings is 1. The van der Waals surface area contributed by atoms with Gasteiger partial charge >= 0.3 is 0 Å². The Morgan fingerprint density at radius 1 is 1.36 bits per heavy atom. The topological polar surface area (TPSA) is 71.3 Å². The molecule has 132 valence electrons. The second kappa shape index (κ2) is 6.42. The summed E-state index contributed by atoms with van der Waals surface area (Å²) in [7, 11) is 0. The molecule has 0 aliphatic carbocycles. The van der Waals surface area contributed by atoms with E-state index in [1.54, 1.807) is 12.4 Å². The van der Waals surface area contributed by atoms with Crippen LogP contribution >= 0.6 is 12.4 Å². The smallest absolute Gasteiger partial charge is 0.228 e. The molecule has 3 atom stereocenters. The van der Waals surface area contributed by atoms with Crippen LogP contribution < -0.4 is 5.32 Å². The van der Waals surface area contributed by atoms with Crippen molar-refractivity contribution in [1.29, 1.82) is 0 Å². The lowest BCUT2D eigenvalue weighted by Gasteiger charge is -2.30. The van der Waals surface area contributed by atoms with Crippen molar-refractivity contribution in [2.75, 3.05) is 6.54 Å². The Bertz CT molecular complexity index is 779. The molecule has 2 fully saturated rings. The molecule has 0 radical (unpaired) electrons. The number of amides is 1. The first-order chi connectivity index (χ1) is 11.8. The lowest BCUT2D eigenvalue weighted by molar-refractivity contribution is -0.137. The van der Waals surface area contributed by atoms with Crippen LogP contribution in [0.3, 0.4) is 0 Å². The van der Waals surface area contributed by atoms with E-state index >= 15 is 0 Å². The number of rotatable bonds is 2. The largest absolute Gasteiger partial charge is 0.441 e. The molecule has 5 rings (SSSR count). The van der Waals surface area contributed by atoms with Gasteiger partial charge in [0.05, 0.1) is 18.0 Å². The summed E-state index contributed by atoms with van der Waals surface area (Å²) < 4.78 is 5.89. The zero-order chi connectivity index (χ0) is 16.1. The van der Waals surface area contributed by atoms with Crippen molar-refractivity contribution in [2.24, 2.45) is 5.92 Å². The molecule has 2 aromatic heterocycles. The van der Waals surface area contributed by atoms with E-state index in [2.05, 4.69) is 15.3 Å². The highest BCUT2D eigenvalue weighted by atomic mass is 35.5. The predicted molar refractivity (Wildman–Crippen MR) is 94.2 cm³/mol. The minimum atomic E-state index is 0. The molecule has 6 nitrogen and oxygen atoms in total. The van der Waals surface area contributed by atoms with Gasteiger partial charge in [-0.25, -0.2) is 4.98 Å². The second-order valence-corrected chi connectivity index (χ2v) is 7.03. The van der Waals surface area contributed by atoms with Crippen LogP contribution in [0, 0.1) is 5.92 Å². The number of nitrogens with zero attached hydrogens (tertiary/aromatic N) is 3. The van der Waals surface area contributed by atoms with Gasteiger partial charge in [0, 0.05) is 37.4 Å². The Balaban J connectivity index is 0.00000157. The molecule has 0 aromatic carbocycles. The van der Waals surface area contributed by atoms with Crippen LogP contribution in [0.25, 0.3) is 11.5 Å². The number of oxazole rings is 1. The minimum Gasteiger partial charge on any atom is -0.441 e. The van der Waals surface area contributed by atoms with E-state index in [4.69, 9.17) is 4.42 Å². The van der Waals surface area contributed by atoms with Crippen molar-refractivity contribution in [2.45, 2.75) is 44.3 Å². The highest BCUT2D eigenvalue weighted by molar-refractivity contribution is 5.85. The minimum absolute atomic E-state index is 0. The maximum Gasteiger partial charge on any atom is 0.228 e. The average molecular weight is 361 g/mol. The monoisotopic (exact) mass is 360 g/mol. The van der Waals surface area contributed by atoms with Crippen molar-refractivity contribution in [1.82, 2.24) is 20.2 Å². The van der Waals surface area contributed by atoms with E-state index < -0.39 is 0 Å². The van der Waals surface area contributed by atoms with E-state index in [1.807, 2.05) is 17.0 Å². The van der Waals surface area contributed by atoms with Crippen LogP contribution in [0.4, 0.5) is 0 Å². The molecule has 0 saturated carbocycles. The van der Waals surface area contributed by atoms with Gasteiger partial charge in [0.25, 0.3) is 0 Å². The summed E-state index contributed by atoms with van der Waals surface area (Å²) in [6.45, 7) is 1.28.